The molecule has 0 saturated heterocycles. The number of nitrogens with one attached hydrogen (secondary N) is 1. The first-order valence-electron chi connectivity index (χ1n) is 5.72. The van der Waals surface area contributed by atoms with Crippen LogP contribution in [0, 0.1) is 5.82 Å². The number of hydrogen-bond donors (Lipinski definition) is 2. The van der Waals surface area contributed by atoms with E-state index in [9.17, 15) is 9.18 Å². The van der Waals surface area contributed by atoms with Crippen LogP contribution in [0.1, 0.15) is 10.4 Å². The number of benzene rings is 2. The molecule has 2 rings (SSSR count). The molecule has 2 aromatic rings. The summed E-state index contributed by atoms with van der Waals surface area (Å²) in [4.78, 5) is 12.2. The van der Waals surface area contributed by atoms with Gasteiger partial charge in [-0.25, -0.2) is 4.39 Å². The van der Waals surface area contributed by atoms with Gasteiger partial charge in [-0.15, -0.1) is 0 Å². The summed E-state index contributed by atoms with van der Waals surface area (Å²) >= 11 is 5.90. The lowest BCUT2D eigenvalue weighted by Crippen LogP contribution is -2.14. The van der Waals surface area contributed by atoms with Gasteiger partial charge in [0.25, 0.3) is 5.91 Å². The largest absolute Gasteiger partial charge is 0.494 e. The average molecular weight is 295 g/mol. The van der Waals surface area contributed by atoms with Crippen LogP contribution in [0.3, 0.4) is 0 Å². The summed E-state index contributed by atoms with van der Waals surface area (Å²) in [5.41, 5.74) is 6.49. The van der Waals surface area contributed by atoms with Crippen molar-refractivity contribution in [3.05, 3.63) is 52.8 Å². The number of rotatable bonds is 3. The van der Waals surface area contributed by atoms with E-state index in [-0.39, 0.29) is 22.0 Å². The van der Waals surface area contributed by atoms with Crippen molar-refractivity contribution in [1.82, 2.24) is 0 Å². The zero-order valence-electron chi connectivity index (χ0n) is 10.6. The van der Waals surface area contributed by atoms with E-state index in [0.29, 0.717) is 5.69 Å². The highest BCUT2D eigenvalue weighted by atomic mass is 35.5. The van der Waals surface area contributed by atoms with Crippen molar-refractivity contribution >= 4 is 28.9 Å². The Morgan fingerprint density at radius 3 is 2.80 bits per heavy atom. The predicted octanol–water partition coefficient (Wildman–Crippen LogP) is 3.32. The van der Waals surface area contributed by atoms with Gasteiger partial charge < -0.3 is 15.8 Å². The van der Waals surface area contributed by atoms with E-state index >= 15 is 0 Å². The maximum Gasteiger partial charge on any atom is 0.259 e. The fourth-order valence-electron chi connectivity index (χ4n) is 1.74. The van der Waals surface area contributed by atoms with Gasteiger partial charge in [-0.3, -0.25) is 4.79 Å². The number of amides is 1. The first-order valence-corrected chi connectivity index (χ1v) is 6.09. The Hall–Kier alpha value is -2.27. The number of carbonyl (C=O) groups is 1. The number of halogens is 2. The summed E-state index contributed by atoms with van der Waals surface area (Å²) in [5.74, 6) is -0.719. The molecule has 0 aromatic heterocycles. The van der Waals surface area contributed by atoms with Gasteiger partial charge in [0.15, 0.2) is 5.75 Å². The molecule has 3 N–H and O–H groups in total. The van der Waals surface area contributed by atoms with Crippen molar-refractivity contribution in [3.63, 3.8) is 0 Å². The quantitative estimate of drug-likeness (QED) is 0.854. The SMILES string of the molecule is COc1c(N)cccc1C(=O)Nc1cc(F)ccc1Cl. The smallest absolute Gasteiger partial charge is 0.259 e. The molecule has 2 aromatic carbocycles. The third-order valence-electron chi connectivity index (χ3n) is 2.67. The number of nitrogen functional groups attached to an aromatic ring is 1. The van der Waals surface area contributed by atoms with Crippen molar-refractivity contribution in [1.29, 1.82) is 0 Å². The number of para-hydroxylation sites is 1. The number of hydrogen-bond acceptors (Lipinski definition) is 3. The minimum atomic E-state index is -0.496. The Morgan fingerprint density at radius 2 is 2.10 bits per heavy atom. The van der Waals surface area contributed by atoms with Crippen LogP contribution < -0.4 is 15.8 Å². The lowest BCUT2D eigenvalue weighted by Gasteiger charge is -2.12. The highest BCUT2D eigenvalue weighted by molar-refractivity contribution is 6.34. The van der Waals surface area contributed by atoms with Gasteiger partial charge in [-0.2, -0.15) is 0 Å². The number of nitrogens with two attached hydrogens (primary N) is 1. The molecule has 0 heterocycles. The van der Waals surface area contributed by atoms with E-state index in [1.54, 1.807) is 18.2 Å². The van der Waals surface area contributed by atoms with Crippen molar-refractivity contribution in [2.45, 2.75) is 0 Å². The van der Waals surface area contributed by atoms with Crippen LogP contribution in [0.5, 0.6) is 5.75 Å². The monoisotopic (exact) mass is 294 g/mol. The number of carbonyl (C=O) groups excluding carboxylic acids is 1. The molecule has 20 heavy (non-hydrogen) atoms. The standard InChI is InChI=1S/C14H12ClFN2O2/c1-20-13-9(3-2-4-11(13)17)14(19)18-12-7-8(16)5-6-10(12)15/h2-7H,17H2,1H3,(H,18,19). The molecule has 1 amide bonds. The second-order valence-corrected chi connectivity index (χ2v) is 4.41. The summed E-state index contributed by atoms with van der Waals surface area (Å²) in [6, 6.07) is 8.50. The van der Waals surface area contributed by atoms with E-state index in [1.807, 2.05) is 0 Å². The Balaban J connectivity index is 2.33. The normalized spacial score (nSPS) is 10.2. The van der Waals surface area contributed by atoms with Crippen molar-refractivity contribution in [2.75, 3.05) is 18.2 Å². The molecule has 0 unspecified atom stereocenters. The topological polar surface area (TPSA) is 64.3 Å². The first kappa shape index (κ1) is 14.1. The van der Waals surface area contributed by atoms with Crippen LogP contribution in [0.2, 0.25) is 5.02 Å². The Morgan fingerprint density at radius 1 is 1.35 bits per heavy atom. The van der Waals surface area contributed by atoms with E-state index < -0.39 is 11.7 Å². The lowest BCUT2D eigenvalue weighted by molar-refractivity contribution is 0.102. The molecule has 0 saturated carbocycles. The number of ether oxygens (including phenoxy) is 1. The van der Waals surface area contributed by atoms with Crippen LogP contribution in [0.4, 0.5) is 15.8 Å². The maximum atomic E-state index is 13.2. The Bertz CT molecular complexity index is 662. The summed E-state index contributed by atoms with van der Waals surface area (Å²) < 4.78 is 18.3. The predicted molar refractivity (Wildman–Crippen MR) is 76.8 cm³/mol. The van der Waals surface area contributed by atoms with Crippen LogP contribution in [-0.2, 0) is 0 Å². The van der Waals surface area contributed by atoms with Gasteiger partial charge in [0, 0.05) is 0 Å². The molecule has 0 spiro atoms. The fraction of sp³-hybridized carbons (Fsp3) is 0.0714. The van der Waals surface area contributed by atoms with Crippen LogP contribution in [-0.4, -0.2) is 13.0 Å². The third-order valence-corrected chi connectivity index (χ3v) is 3.00. The third kappa shape index (κ3) is 2.83. The van der Waals surface area contributed by atoms with Gasteiger partial charge >= 0.3 is 0 Å². The minimum absolute atomic E-state index is 0.182. The molecule has 104 valence electrons. The molecule has 0 radical (unpaired) electrons. The number of methoxy groups -OCH3 is 1. The van der Waals surface area contributed by atoms with Crippen molar-refractivity contribution in [3.8, 4) is 5.75 Å². The summed E-state index contributed by atoms with van der Waals surface area (Å²) in [6.45, 7) is 0. The van der Waals surface area contributed by atoms with Gasteiger partial charge in [-0.1, -0.05) is 17.7 Å². The zero-order chi connectivity index (χ0) is 14.7. The van der Waals surface area contributed by atoms with Gasteiger partial charge in [0.05, 0.1) is 29.1 Å². The van der Waals surface area contributed by atoms with Gasteiger partial charge in [-0.05, 0) is 30.3 Å². The van der Waals surface area contributed by atoms with Crippen LogP contribution in [0.25, 0.3) is 0 Å². The summed E-state index contributed by atoms with van der Waals surface area (Å²) in [7, 11) is 1.41. The van der Waals surface area contributed by atoms with Gasteiger partial charge in [0.2, 0.25) is 0 Å². The molecule has 0 atom stereocenters. The van der Waals surface area contributed by atoms with E-state index in [2.05, 4.69) is 5.32 Å². The highest BCUT2D eigenvalue weighted by Crippen LogP contribution is 2.28. The molecule has 0 aliphatic heterocycles. The Labute approximate surface area is 120 Å². The molecular formula is C14H12ClFN2O2. The van der Waals surface area contributed by atoms with Crippen molar-refractivity contribution < 1.29 is 13.9 Å². The molecule has 4 nitrogen and oxygen atoms in total. The van der Waals surface area contributed by atoms with E-state index in [4.69, 9.17) is 22.1 Å². The molecule has 0 aliphatic carbocycles. The van der Waals surface area contributed by atoms with Gasteiger partial charge in [0.1, 0.15) is 5.82 Å². The number of anilines is 2. The molecule has 6 heteroatoms. The van der Waals surface area contributed by atoms with Crippen LogP contribution in [0.15, 0.2) is 36.4 Å². The molecule has 0 aliphatic rings. The van der Waals surface area contributed by atoms with E-state index in [0.717, 1.165) is 6.07 Å². The summed E-state index contributed by atoms with van der Waals surface area (Å²) in [6.07, 6.45) is 0. The van der Waals surface area contributed by atoms with Crippen molar-refractivity contribution in [2.24, 2.45) is 0 Å². The maximum absolute atomic E-state index is 13.2. The second-order valence-electron chi connectivity index (χ2n) is 4.01. The first-order chi connectivity index (χ1) is 9.52. The average Bonchev–Trinajstić information content (AvgIpc) is 2.42. The lowest BCUT2D eigenvalue weighted by atomic mass is 10.1. The Kier molecular flexibility index (Phi) is 4.10. The molecular weight excluding hydrogens is 283 g/mol. The highest BCUT2D eigenvalue weighted by Gasteiger charge is 2.15. The molecule has 0 fully saturated rings. The second kappa shape index (κ2) is 5.79. The zero-order valence-corrected chi connectivity index (χ0v) is 11.4. The summed E-state index contributed by atoms with van der Waals surface area (Å²) in [5, 5.41) is 2.76. The minimum Gasteiger partial charge on any atom is -0.494 e. The molecule has 0 bridgehead atoms. The van der Waals surface area contributed by atoms with Crippen LogP contribution >= 0.6 is 11.6 Å². The van der Waals surface area contributed by atoms with E-state index in [1.165, 1.54) is 19.2 Å². The fourth-order valence-corrected chi connectivity index (χ4v) is 1.91.